The molecule has 0 aromatic rings. The van der Waals surface area contributed by atoms with Gasteiger partial charge in [-0.25, -0.2) is 0 Å². The lowest BCUT2D eigenvalue weighted by Gasteiger charge is -2.36. The Balaban J connectivity index is 0.00000110. The van der Waals surface area contributed by atoms with E-state index in [0.717, 1.165) is 45.6 Å². The van der Waals surface area contributed by atoms with E-state index in [2.05, 4.69) is 22.0 Å². The minimum atomic E-state index is -0.241. The number of likely N-dealkylation sites (N-methyl/N-ethyl adjacent to an activating group) is 1. The number of nitrogens with zero attached hydrogens (tertiary/aromatic N) is 2. The largest absolute Gasteiger partial charge is 0.366 e. The molecule has 0 radical (unpaired) electrons. The third-order valence-electron chi connectivity index (χ3n) is 4.78. The SMILES string of the molecule is CCN1CCOC(C(=O)N2C3CCNCC2CC3)C1.Cl.Cl. The first-order valence-electron chi connectivity index (χ1n) is 7.66. The van der Waals surface area contributed by atoms with Crippen LogP contribution in [0.2, 0.25) is 0 Å². The van der Waals surface area contributed by atoms with E-state index in [-0.39, 0.29) is 36.8 Å². The van der Waals surface area contributed by atoms with Gasteiger partial charge in [0.05, 0.1) is 6.61 Å². The van der Waals surface area contributed by atoms with Crippen LogP contribution in [0.3, 0.4) is 0 Å². The fourth-order valence-electron chi connectivity index (χ4n) is 3.65. The highest BCUT2D eigenvalue weighted by atomic mass is 35.5. The highest BCUT2D eigenvalue weighted by molar-refractivity contribution is 5.85. The number of morpholine rings is 1. The van der Waals surface area contributed by atoms with Crippen LogP contribution in [0.5, 0.6) is 0 Å². The first-order chi connectivity index (χ1) is 9.29. The van der Waals surface area contributed by atoms with Crippen LogP contribution in [-0.2, 0) is 9.53 Å². The molecule has 0 aromatic carbocycles. The molecule has 0 saturated carbocycles. The Bertz CT molecular complexity index is 332. The Labute approximate surface area is 139 Å². The van der Waals surface area contributed by atoms with Gasteiger partial charge in [0.15, 0.2) is 0 Å². The number of hydrogen-bond acceptors (Lipinski definition) is 4. The molecule has 124 valence electrons. The summed E-state index contributed by atoms with van der Waals surface area (Å²) < 4.78 is 5.74. The first kappa shape index (κ1) is 19.0. The second-order valence-electron chi connectivity index (χ2n) is 5.88. The van der Waals surface area contributed by atoms with Crippen LogP contribution in [-0.4, -0.2) is 73.2 Å². The minimum Gasteiger partial charge on any atom is -0.366 e. The molecular formula is C14H27Cl2N3O2. The number of fused-ring (bicyclic) bond motifs is 2. The van der Waals surface area contributed by atoms with Gasteiger partial charge in [-0.3, -0.25) is 9.69 Å². The van der Waals surface area contributed by atoms with Crippen molar-refractivity contribution in [2.24, 2.45) is 0 Å². The number of nitrogens with one attached hydrogen (secondary N) is 1. The zero-order chi connectivity index (χ0) is 13.2. The van der Waals surface area contributed by atoms with Crippen LogP contribution in [0.1, 0.15) is 26.2 Å². The normalized spacial score (nSPS) is 32.8. The Morgan fingerprint density at radius 3 is 2.76 bits per heavy atom. The van der Waals surface area contributed by atoms with Crippen LogP contribution in [0.4, 0.5) is 0 Å². The van der Waals surface area contributed by atoms with E-state index in [1.54, 1.807) is 0 Å². The highest BCUT2D eigenvalue weighted by Crippen LogP contribution is 2.29. The minimum absolute atomic E-state index is 0. The van der Waals surface area contributed by atoms with E-state index in [1.165, 1.54) is 6.42 Å². The molecule has 2 bridgehead atoms. The van der Waals surface area contributed by atoms with Crippen LogP contribution < -0.4 is 5.32 Å². The summed E-state index contributed by atoms with van der Waals surface area (Å²) in [5.74, 6) is 0.231. The molecule has 0 aliphatic carbocycles. The third kappa shape index (κ3) is 4.02. The van der Waals surface area contributed by atoms with Gasteiger partial charge in [-0.05, 0) is 32.4 Å². The molecule has 3 aliphatic heterocycles. The number of ether oxygens (including phenoxy) is 1. The summed E-state index contributed by atoms with van der Waals surface area (Å²) in [5.41, 5.74) is 0. The highest BCUT2D eigenvalue weighted by Gasteiger charge is 2.41. The number of rotatable bonds is 2. The zero-order valence-electron chi connectivity index (χ0n) is 12.6. The topological polar surface area (TPSA) is 44.8 Å². The maximum absolute atomic E-state index is 12.8. The summed E-state index contributed by atoms with van der Waals surface area (Å²) in [6.45, 7) is 7.54. The standard InChI is InChI=1S/C14H25N3O2.2ClH/c1-2-16-7-8-19-13(10-16)14(18)17-11-3-4-12(17)9-15-6-5-11;;/h11-13,15H,2-10H2,1H3;2*1H. The van der Waals surface area contributed by atoms with Crippen molar-refractivity contribution < 1.29 is 9.53 Å². The molecule has 1 amide bonds. The van der Waals surface area contributed by atoms with E-state index >= 15 is 0 Å². The summed E-state index contributed by atoms with van der Waals surface area (Å²) >= 11 is 0. The van der Waals surface area contributed by atoms with Gasteiger partial charge in [0, 0.05) is 31.7 Å². The lowest BCUT2D eigenvalue weighted by Crippen LogP contribution is -2.54. The Hall–Kier alpha value is -0.0700. The van der Waals surface area contributed by atoms with Gasteiger partial charge in [0.25, 0.3) is 5.91 Å². The Morgan fingerprint density at radius 1 is 1.24 bits per heavy atom. The van der Waals surface area contributed by atoms with Crippen LogP contribution in [0.25, 0.3) is 0 Å². The van der Waals surface area contributed by atoms with Crippen molar-refractivity contribution in [2.45, 2.75) is 44.4 Å². The quantitative estimate of drug-likeness (QED) is 0.812. The summed E-state index contributed by atoms with van der Waals surface area (Å²) in [7, 11) is 0. The lowest BCUT2D eigenvalue weighted by atomic mass is 10.1. The molecule has 3 atom stereocenters. The fourth-order valence-corrected chi connectivity index (χ4v) is 3.65. The van der Waals surface area contributed by atoms with Gasteiger partial charge in [0.1, 0.15) is 6.10 Å². The molecule has 3 aliphatic rings. The van der Waals surface area contributed by atoms with E-state index < -0.39 is 0 Å². The molecule has 3 unspecified atom stereocenters. The van der Waals surface area contributed by atoms with Gasteiger partial charge >= 0.3 is 0 Å². The average Bonchev–Trinajstić information content (AvgIpc) is 2.71. The van der Waals surface area contributed by atoms with E-state index in [9.17, 15) is 4.79 Å². The van der Waals surface area contributed by atoms with Crippen molar-refractivity contribution >= 4 is 30.7 Å². The van der Waals surface area contributed by atoms with Crippen LogP contribution >= 0.6 is 24.8 Å². The second kappa shape index (κ2) is 8.53. The molecule has 0 spiro atoms. The smallest absolute Gasteiger partial charge is 0.253 e. The van der Waals surface area contributed by atoms with Crippen molar-refractivity contribution in [1.29, 1.82) is 0 Å². The van der Waals surface area contributed by atoms with Crippen molar-refractivity contribution in [3.63, 3.8) is 0 Å². The Morgan fingerprint density at radius 2 is 2.00 bits per heavy atom. The number of carbonyl (C=O) groups excluding carboxylic acids is 1. The van der Waals surface area contributed by atoms with Gasteiger partial charge in [-0.2, -0.15) is 0 Å². The van der Waals surface area contributed by atoms with Crippen molar-refractivity contribution in [1.82, 2.24) is 15.1 Å². The summed E-state index contributed by atoms with van der Waals surface area (Å²) in [4.78, 5) is 17.2. The van der Waals surface area contributed by atoms with Crippen LogP contribution in [0, 0.1) is 0 Å². The molecule has 3 saturated heterocycles. The van der Waals surface area contributed by atoms with Gasteiger partial charge in [0.2, 0.25) is 0 Å². The molecule has 3 rings (SSSR count). The molecule has 7 heteroatoms. The maximum Gasteiger partial charge on any atom is 0.253 e. The lowest BCUT2D eigenvalue weighted by molar-refractivity contribution is -0.152. The number of carbonyl (C=O) groups is 1. The molecule has 0 aromatic heterocycles. The number of hydrogen-bond donors (Lipinski definition) is 1. The average molecular weight is 340 g/mol. The molecule has 5 nitrogen and oxygen atoms in total. The summed E-state index contributed by atoms with van der Waals surface area (Å²) in [6.07, 6.45) is 3.16. The second-order valence-corrected chi connectivity index (χ2v) is 5.88. The first-order valence-corrected chi connectivity index (χ1v) is 7.66. The van der Waals surface area contributed by atoms with E-state index in [4.69, 9.17) is 4.74 Å². The molecule has 3 heterocycles. The summed E-state index contributed by atoms with van der Waals surface area (Å²) in [6, 6.07) is 0.828. The van der Waals surface area contributed by atoms with Gasteiger partial charge in [-0.15, -0.1) is 24.8 Å². The summed E-state index contributed by atoms with van der Waals surface area (Å²) in [5, 5.41) is 3.44. The van der Waals surface area contributed by atoms with E-state index in [1.807, 2.05) is 0 Å². The molecule has 1 N–H and O–H groups in total. The van der Waals surface area contributed by atoms with Gasteiger partial charge < -0.3 is 15.0 Å². The maximum atomic E-state index is 12.8. The molecular weight excluding hydrogens is 313 g/mol. The van der Waals surface area contributed by atoms with Crippen molar-refractivity contribution in [3.05, 3.63) is 0 Å². The number of amides is 1. The predicted molar refractivity (Wildman–Crippen MR) is 87.5 cm³/mol. The van der Waals surface area contributed by atoms with Crippen molar-refractivity contribution in [2.75, 3.05) is 39.3 Å². The Kier molecular flexibility index (Phi) is 7.71. The third-order valence-corrected chi connectivity index (χ3v) is 4.78. The zero-order valence-corrected chi connectivity index (χ0v) is 14.3. The molecule has 3 fully saturated rings. The fraction of sp³-hybridized carbons (Fsp3) is 0.929. The van der Waals surface area contributed by atoms with Crippen molar-refractivity contribution in [3.8, 4) is 0 Å². The monoisotopic (exact) mass is 339 g/mol. The van der Waals surface area contributed by atoms with Crippen LogP contribution in [0.15, 0.2) is 0 Å². The number of halogens is 2. The van der Waals surface area contributed by atoms with Gasteiger partial charge in [-0.1, -0.05) is 6.92 Å². The predicted octanol–water partition coefficient (Wildman–Crippen LogP) is 0.904. The van der Waals surface area contributed by atoms with E-state index in [0.29, 0.717) is 18.7 Å². The molecule has 21 heavy (non-hydrogen) atoms.